The number of aromatic nitrogens is 6. The summed E-state index contributed by atoms with van der Waals surface area (Å²) in [6.07, 6.45) is -1.56. The van der Waals surface area contributed by atoms with Crippen LogP contribution in [0.15, 0.2) is 47.4 Å². The van der Waals surface area contributed by atoms with E-state index in [1.807, 2.05) is 0 Å². The van der Waals surface area contributed by atoms with Gasteiger partial charge in [0, 0.05) is 43.3 Å². The summed E-state index contributed by atoms with van der Waals surface area (Å²) in [6.45, 7) is -0.942. The van der Waals surface area contributed by atoms with Gasteiger partial charge < -0.3 is 5.32 Å². The number of benzene rings is 2. The normalized spacial score (nSPS) is 18.2. The maximum atomic E-state index is 15.2. The van der Waals surface area contributed by atoms with Crippen LogP contribution in [0.2, 0.25) is 5.02 Å². The molecule has 0 radical (unpaired) electrons. The van der Waals surface area contributed by atoms with Crippen LogP contribution in [0.5, 0.6) is 0 Å². The van der Waals surface area contributed by atoms with Crippen molar-refractivity contribution in [3.05, 3.63) is 97.9 Å². The van der Waals surface area contributed by atoms with Crippen molar-refractivity contribution < 1.29 is 39.6 Å². The zero-order chi connectivity index (χ0) is 36.7. The average Bonchev–Trinajstić information content (AvgIpc) is 3.56. The van der Waals surface area contributed by atoms with E-state index in [9.17, 15) is 35.6 Å². The van der Waals surface area contributed by atoms with Crippen LogP contribution in [0, 0.1) is 17.6 Å². The highest BCUT2D eigenvalue weighted by Gasteiger charge is 2.67. The molecule has 20 heteroatoms. The fourth-order valence-electron chi connectivity index (χ4n) is 6.82. The van der Waals surface area contributed by atoms with Gasteiger partial charge in [0.05, 0.1) is 33.9 Å². The first kappa shape index (κ1) is 34.5. The van der Waals surface area contributed by atoms with E-state index in [0.717, 1.165) is 35.2 Å². The fourth-order valence-corrected chi connectivity index (χ4v) is 7.56. The summed E-state index contributed by atoms with van der Waals surface area (Å²) in [6, 6.07) is 4.98. The molecule has 0 bridgehead atoms. The molecule has 3 atom stereocenters. The summed E-state index contributed by atoms with van der Waals surface area (Å²) in [5, 5.41) is 10.6. The molecule has 2 N–H and O–H groups in total. The molecule has 268 valence electrons. The van der Waals surface area contributed by atoms with E-state index in [1.54, 1.807) is 0 Å². The lowest BCUT2D eigenvalue weighted by atomic mass is 10.0. The van der Waals surface area contributed by atoms with Crippen molar-refractivity contribution in [2.24, 2.45) is 13.0 Å². The van der Waals surface area contributed by atoms with E-state index in [4.69, 9.17) is 11.6 Å². The van der Waals surface area contributed by atoms with E-state index in [1.165, 1.54) is 23.9 Å². The molecule has 2 aliphatic carbocycles. The van der Waals surface area contributed by atoms with Gasteiger partial charge in [0.2, 0.25) is 15.9 Å². The third-order valence-corrected chi connectivity index (χ3v) is 9.66. The standard InChI is InChI=1S/C31H25ClF6N8O4S/c1-44-26-20(4-3-18(32)24(26)29(42-44)43-51(2,49)50)46-22(48)5-6-39-30(46)19(9-13-7-14(33)10-15(34)8-13)40-21(47)12-45-27-23(25(41-45)28(35)36)16-11-17(16)31(27,37)38/h3-8,10,16-17,19,28H,9,11-12H2,1-2H3,(H,40,47)(H,42,43)/t16-,17+,19+/m0/s1. The summed E-state index contributed by atoms with van der Waals surface area (Å²) < 4.78 is 116. The number of carbonyl (C=O) groups excluding carboxylic acids is 1. The molecule has 2 aromatic carbocycles. The number of nitrogens with zero attached hydrogens (tertiary/aromatic N) is 6. The van der Waals surface area contributed by atoms with Gasteiger partial charge in [0.1, 0.15) is 35.4 Å². The van der Waals surface area contributed by atoms with Gasteiger partial charge in [-0.25, -0.2) is 31.0 Å². The molecule has 0 saturated heterocycles. The van der Waals surface area contributed by atoms with Gasteiger partial charge in [-0.3, -0.25) is 28.2 Å². The Morgan fingerprint density at radius 3 is 2.49 bits per heavy atom. The first-order valence-corrected chi connectivity index (χ1v) is 17.4. The van der Waals surface area contributed by atoms with Crippen molar-refractivity contribution >= 4 is 44.3 Å². The van der Waals surface area contributed by atoms with Gasteiger partial charge in [-0.15, -0.1) is 0 Å². The second-order valence-electron chi connectivity index (χ2n) is 12.4. The number of sulfonamides is 1. The minimum Gasteiger partial charge on any atom is -0.344 e. The van der Waals surface area contributed by atoms with Crippen LogP contribution in [-0.4, -0.2) is 49.7 Å². The summed E-state index contributed by atoms with van der Waals surface area (Å²) >= 11 is 6.45. The van der Waals surface area contributed by atoms with Crippen LogP contribution >= 0.6 is 11.6 Å². The molecule has 3 heterocycles. The zero-order valence-electron chi connectivity index (χ0n) is 26.3. The monoisotopic (exact) mass is 754 g/mol. The maximum Gasteiger partial charge on any atom is 0.293 e. The number of fused-ring (bicyclic) bond motifs is 4. The maximum absolute atomic E-state index is 15.2. The van der Waals surface area contributed by atoms with E-state index in [0.29, 0.717) is 10.7 Å². The minimum atomic E-state index is -3.85. The van der Waals surface area contributed by atoms with Crippen molar-refractivity contribution in [2.45, 2.75) is 43.7 Å². The van der Waals surface area contributed by atoms with Gasteiger partial charge in [-0.1, -0.05) is 11.6 Å². The summed E-state index contributed by atoms with van der Waals surface area (Å²) in [5.74, 6) is -8.79. The molecule has 0 aliphatic heterocycles. The Morgan fingerprint density at radius 1 is 1.12 bits per heavy atom. The number of hydrogen-bond acceptors (Lipinski definition) is 7. The quantitative estimate of drug-likeness (QED) is 0.194. The van der Waals surface area contributed by atoms with Gasteiger partial charge >= 0.3 is 0 Å². The van der Waals surface area contributed by atoms with E-state index in [-0.39, 0.29) is 50.8 Å². The van der Waals surface area contributed by atoms with Gasteiger partial charge in [0.25, 0.3) is 17.9 Å². The van der Waals surface area contributed by atoms with Gasteiger partial charge in [-0.05, 0) is 42.2 Å². The van der Waals surface area contributed by atoms with Crippen LogP contribution < -0.4 is 15.6 Å². The number of carbonyl (C=O) groups is 1. The largest absolute Gasteiger partial charge is 0.344 e. The number of rotatable bonds is 10. The van der Waals surface area contributed by atoms with Gasteiger partial charge in [0.15, 0.2) is 5.82 Å². The number of amides is 1. The molecule has 7 rings (SSSR count). The molecule has 12 nitrogen and oxygen atoms in total. The predicted molar refractivity (Wildman–Crippen MR) is 170 cm³/mol. The molecule has 2 aliphatic rings. The van der Waals surface area contributed by atoms with Crippen molar-refractivity contribution in [2.75, 3.05) is 11.0 Å². The number of halogens is 7. The number of nitrogens with one attached hydrogen (secondary N) is 2. The molecule has 0 spiro atoms. The second kappa shape index (κ2) is 12.1. The Kier molecular flexibility index (Phi) is 8.20. The Morgan fingerprint density at radius 2 is 1.82 bits per heavy atom. The van der Waals surface area contributed by atoms with Crippen molar-refractivity contribution in [1.29, 1.82) is 0 Å². The highest BCUT2D eigenvalue weighted by molar-refractivity contribution is 7.92. The van der Waals surface area contributed by atoms with E-state index >= 15 is 8.78 Å². The van der Waals surface area contributed by atoms with Gasteiger partial charge in [-0.2, -0.15) is 19.0 Å². The second-order valence-corrected chi connectivity index (χ2v) is 14.5. The Labute approximate surface area is 289 Å². The lowest BCUT2D eigenvalue weighted by Crippen LogP contribution is -2.38. The molecular weight excluding hydrogens is 730 g/mol. The molecule has 1 fully saturated rings. The average molecular weight is 755 g/mol. The molecule has 5 aromatic rings. The zero-order valence-corrected chi connectivity index (χ0v) is 27.9. The van der Waals surface area contributed by atoms with Crippen molar-refractivity contribution in [3.63, 3.8) is 0 Å². The highest BCUT2D eigenvalue weighted by Crippen LogP contribution is 2.68. The summed E-state index contributed by atoms with van der Waals surface area (Å²) in [5.41, 5.74) is -2.42. The third kappa shape index (κ3) is 6.11. The van der Waals surface area contributed by atoms with Crippen LogP contribution in [0.3, 0.4) is 0 Å². The molecule has 1 amide bonds. The first-order chi connectivity index (χ1) is 23.9. The number of hydrogen-bond donors (Lipinski definition) is 2. The number of anilines is 1. The Bertz CT molecular complexity index is 2410. The van der Waals surface area contributed by atoms with Crippen LogP contribution in [-0.2, 0) is 40.8 Å². The van der Waals surface area contributed by atoms with E-state index < -0.39 is 87.7 Å². The van der Waals surface area contributed by atoms with Crippen LogP contribution in [0.1, 0.15) is 53.1 Å². The smallest absolute Gasteiger partial charge is 0.293 e. The number of alkyl halides is 4. The SMILES string of the molecule is Cn1nc(NS(C)(=O)=O)c2c(Cl)ccc(-n3c([C@@H](Cc4cc(F)cc(F)c4)NC(=O)Cn4nc(C(F)F)c5c4C(F)(F)[C@@H]4C[C@H]54)nccc3=O)c21. The topological polar surface area (TPSA) is 146 Å². The predicted octanol–water partition coefficient (Wildman–Crippen LogP) is 4.87. The highest BCUT2D eigenvalue weighted by atomic mass is 35.5. The van der Waals surface area contributed by atoms with E-state index in [2.05, 4.69) is 25.2 Å². The Balaban J connectivity index is 1.34. The van der Waals surface area contributed by atoms with Crippen molar-refractivity contribution in [3.8, 4) is 5.69 Å². The fraction of sp³-hybridized carbons (Fsp3) is 0.323. The lowest BCUT2D eigenvalue weighted by molar-refractivity contribution is -0.123. The van der Waals surface area contributed by atoms with Crippen molar-refractivity contribution in [1.82, 2.24) is 34.4 Å². The summed E-state index contributed by atoms with van der Waals surface area (Å²) in [4.78, 5) is 31.5. The van der Waals surface area contributed by atoms with Crippen LogP contribution in [0.4, 0.5) is 32.2 Å². The Hall–Kier alpha value is -4.91. The molecule has 51 heavy (non-hydrogen) atoms. The molecule has 1 saturated carbocycles. The number of aryl methyl sites for hydroxylation is 1. The van der Waals surface area contributed by atoms with Crippen LogP contribution in [0.25, 0.3) is 16.6 Å². The first-order valence-electron chi connectivity index (χ1n) is 15.2. The third-order valence-electron chi connectivity index (χ3n) is 8.78. The summed E-state index contributed by atoms with van der Waals surface area (Å²) in [7, 11) is -2.40. The minimum absolute atomic E-state index is 0.00420. The lowest BCUT2D eigenvalue weighted by Gasteiger charge is -2.23. The molecule has 3 aromatic heterocycles. The molecular formula is C31H25ClF6N8O4S. The molecule has 0 unspecified atom stereocenters.